The Morgan fingerprint density at radius 3 is 1.95 bits per heavy atom. The highest BCUT2D eigenvalue weighted by atomic mass is 32.2. The summed E-state index contributed by atoms with van der Waals surface area (Å²) in [6.45, 7) is 0. The quantitative estimate of drug-likeness (QED) is 0.167. The highest BCUT2D eigenvalue weighted by Gasteiger charge is 2.50. The Labute approximate surface area is 356 Å². The number of rotatable bonds is 3. The second-order valence-electron chi connectivity index (χ2n) is 16.1. The van der Waals surface area contributed by atoms with Crippen LogP contribution in [0.5, 0.6) is 0 Å². The largest absolute Gasteiger partial charge is 0.309 e. The predicted molar refractivity (Wildman–Crippen MR) is 251 cm³/mol. The van der Waals surface area contributed by atoms with Crippen LogP contribution in [0.15, 0.2) is 210 Å². The maximum absolute atomic E-state index is 9.64. The number of hydrogen-bond acceptors (Lipinski definition) is 3. The van der Waals surface area contributed by atoms with Crippen molar-refractivity contribution in [3.63, 3.8) is 0 Å². The third-order valence-electron chi connectivity index (χ3n) is 13.1. The summed E-state index contributed by atoms with van der Waals surface area (Å²) in [6, 6.07) is 74.9. The van der Waals surface area contributed by atoms with Gasteiger partial charge in [0.15, 0.2) is 0 Å². The molecule has 1 aliphatic heterocycles. The van der Waals surface area contributed by atoms with Gasteiger partial charge in [-0.25, -0.2) is 4.98 Å². The highest BCUT2D eigenvalue weighted by Crippen LogP contribution is 2.63. The molecular formula is C57H33N3S. The number of pyridine rings is 1. The van der Waals surface area contributed by atoms with Crippen LogP contribution < -0.4 is 0 Å². The van der Waals surface area contributed by atoms with E-state index in [1.54, 1.807) is 0 Å². The minimum absolute atomic E-state index is 0.450. The fourth-order valence-corrected chi connectivity index (χ4v) is 11.8. The van der Waals surface area contributed by atoms with Crippen molar-refractivity contribution < 1.29 is 0 Å². The first kappa shape index (κ1) is 34.2. The molecular weight excluding hydrogens is 759 g/mol. The van der Waals surface area contributed by atoms with Crippen LogP contribution in [0.4, 0.5) is 0 Å². The lowest BCUT2D eigenvalue weighted by Gasteiger charge is -2.39. The van der Waals surface area contributed by atoms with Gasteiger partial charge in [0.25, 0.3) is 0 Å². The van der Waals surface area contributed by atoms with Crippen molar-refractivity contribution in [2.45, 2.75) is 15.2 Å². The van der Waals surface area contributed by atoms with E-state index in [0.717, 1.165) is 66.2 Å². The van der Waals surface area contributed by atoms with Crippen LogP contribution >= 0.6 is 11.8 Å². The van der Waals surface area contributed by atoms with Gasteiger partial charge in [0.2, 0.25) is 0 Å². The summed E-state index contributed by atoms with van der Waals surface area (Å²) in [5, 5.41) is 15.4. The van der Waals surface area contributed by atoms with E-state index >= 15 is 0 Å². The van der Waals surface area contributed by atoms with Gasteiger partial charge in [0.05, 0.1) is 39.3 Å². The molecule has 0 amide bonds. The van der Waals surface area contributed by atoms with Crippen molar-refractivity contribution in [3.8, 4) is 45.3 Å². The number of hydrogen-bond donors (Lipinski definition) is 0. The molecule has 0 saturated carbocycles. The fraction of sp³-hybridized carbons (Fsp3) is 0.0175. The van der Waals surface area contributed by atoms with E-state index in [1.807, 2.05) is 23.9 Å². The predicted octanol–water partition coefficient (Wildman–Crippen LogP) is 14.5. The summed E-state index contributed by atoms with van der Waals surface area (Å²) < 4.78 is 2.29. The van der Waals surface area contributed by atoms with Crippen molar-refractivity contribution in [2.75, 3.05) is 0 Å². The van der Waals surface area contributed by atoms with E-state index in [0.29, 0.717) is 5.56 Å². The standard InChI is InChI=1S/C57H33N3S/c58-34-35-24-31-51-44(32-35)40-14-3-8-21-50(40)60(51)39-27-25-36(26-28-39)37-12-11-13-38(33-37)56-43-29-30-48-55(54(43)42-16-2-7-20-49(42)59-56)41-15-1-4-17-45(41)57(48)46-18-5-9-22-52(46)61-53-23-10-6-19-47(53)57/h1-33H. The van der Waals surface area contributed by atoms with Crippen LogP contribution in [-0.4, -0.2) is 9.55 Å². The Kier molecular flexibility index (Phi) is 7.22. The minimum Gasteiger partial charge on any atom is -0.309 e. The zero-order valence-corrected chi connectivity index (χ0v) is 33.6. The zero-order chi connectivity index (χ0) is 40.2. The molecule has 2 aromatic heterocycles. The molecule has 1 aliphatic carbocycles. The van der Waals surface area contributed by atoms with Crippen LogP contribution in [-0.2, 0) is 5.41 Å². The Morgan fingerprint density at radius 1 is 0.475 bits per heavy atom. The lowest BCUT2D eigenvalue weighted by molar-refractivity contribution is 0.723. The smallest absolute Gasteiger partial charge is 0.0991 e. The first-order valence-electron chi connectivity index (χ1n) is 20.7. The molecule has 2 aliphatic rings. The molecule has 3 nitrogen and oxygen atoms in total. The Morgan fingerprint density at radius 2 is 1.15 bits per heavy atom. The van der Waals surface area contributed by atoms with E-state index in [4.69, 9.17) is 4.98 Å². The van der Waals surface area contributed by atoms with Gasteiger partial charge < -0.3 is 4.57 Å². The van der Waals surface area contributed by atoms with Gasteiger partial charge in [-0.2, -0.15) is 5.26 Å². The number of aromatic nitrogens is 2. The van der Waals surface area contributed by atoms with E-state index in [2.05, 4.69) is 199 Å². The SMILES string of the molecule is N#Cc1ccc2c(c1)c1ccccc1n2-c1ccc(-c2cccc(-c3nc4ccccc4c4c5c(ccc34)C3(c4ccccc4Sc4ccccc43)c3ccccc3-5)c2)cc1. The maximum atomic E-state index is 9.64. The number of para-hydroxylation sites is 2. The van der Waals surface area contributed by atoms with Crippen LogP contribution in [0.1, 0.15) is 27.8 Å². The first-order chi connectivity index (χ1) is 30.2. The molecule has 61 heavy (non-hydrogen) atoms. The summed E-state index contributed by atoms with van der Waals surface area (Å²) in [4.78, 5) is 8.07. The number of nitrogens with zero attached hydrogens (tertiary/aromatic N) is 3. The third kappa shape index (κ3) is 4.73. The van der Waals surface area contributed by atoms with E-state index in [-0.39, 0.29) is 0 Å². The number of fused-ring (bicyclic) bond motifs is 16. The lowest BCUT2D eigenvalue weighted by Crippen LogP contribution is -2.31. The van der Waals surface area contributed by atoms with Crippen molar-refractivity contribution >= 4 is 55.2 Å². The van der Waals surface area contributed by atoms with Gasteiger partial charge >= 0.3 is 0 Å². The molecule has 0 atom stereocenters. The molecule has 11 aromatic rings. The highest BCUT2D eigenvalue weighted by molar-refractivity contribution is 7.99. The summed E-state index contributed by atoms with van der Waals surface area (Å²) in [6.07, 6.45) is 0. The van der Waals surface area contributed by atoms with Gasteiger partial charge in [-0.1, -0.05) is 151 Å². The second kappa shape index (κ2) is 12.9. The molecule has 1 spiro atoms. The molecule has 0 saturated heterocycles. The van der Waals surface area contributed by atoms with Gasteiger partial charge in [0, 0.05) is 48.0 Å². The average Bonchev–Trinajstić information content (AvgIpc) is 3.82. The fourth-order valence-electron chi connectivity index (χ4n) is 10.6. The van der Waals surface area contributed by atoms with Crippen molar-refractivity contribution in [1.29, 1.82) is 5.26 Å². The third-order valence-corrected chi connectivity index (χ3v) is 14.2. The summed E-state index contributed by atoms with van der Waals surface area (Å²) in [7, 11) is 0. The Hall–Kier alpha value is -7.71. The van der Waals surface area contributed by atoms with E-state index < -0.39 is 5.41 Å². The van der Waals surface area contributed by atoms with Crippen molar-refractivity contribution in [2.24, 2.45) is 0 Å². The van der Waals surface area contributed by atoms with Crippen LogP contribution in [0.25, 0.3) is 82.7 Å². The molecule has 282 valence electrons. The topological polar surface area (TPSA) is 41.6 Å². The number of benzene rings is 9. The van der Waals surface area contributed by atoms with Crippen molar-refractivity contribution in [1.82, 2.24) is 9.55 Å². The normalized spacial score (nSPS) is 13.3. The summed E-state index contributed by atoms with van der Waals surface area (Å²) >= 11 is 1.88. The van der Waals surface area contributed by atoms with Gasteiger partial charge in [-0.15, -0.1) is 0 Å². The van der Waals surface area contributed by atoms with Gasteiger partial charge in [0.1, 0.15) is 0 Å². The van der Waals surface area contributed by atoms with Crippen LogP contribution in [0.2, 0.25) is 0 Å². The van der Waals surface area contributed by atoms with E-state index in [9.17, 15) is 5.26 Å². The monoisotopic (exact) mass is 791 g/mol. The first-order valence-corrected chi connectivity index (χ1v) is 21.5. The molecule has 4 heteroatoms. The van der Waals surface area contributed by atoms with Gasteiger partial charge in [-0.3, -0.25) is 0 Å². The number of nitriles is 1. The molecule has 9 aromatic carbocycles. The lowest BCUT2D eigenvalue weighted by atomic mass is 9.67. The Balaban J connectivity index is 0.999. The summed E-state index contributed by atoms with van der Waals surface area (Å²) in [5.74, 6) is 0. The summed E-state index contributed by atoms with van der Waals surface area (Å²) in [5.41, 5.74) is 16.7. The van der Waals surface area contributed by atoms with Crippen LogP contribution in [0, 0.1) is 11.3 Å². The van der Waals surface area contributed by atoms with Gasteiger partial charge in [-0.05, 0) is 105 Å². The molecule has 13 rings (SSSR count). The van der Waals surface area contributed by atoms with E-state index in [1.165, 1.54) is 48.6 Å². The molecule has 0 unspecified atom stereocenters. The second-order valence-corrected chi connectivity index (χ2v) is 17.2. The van der Waals surface area contributed by atoms with Crippen LogP contribution in [0.3, 0.4) is 0 Å². The maximum Gasteiger partial charge on any atom is 0.0991 e. The average molecular weight is 792 g/mol. The molecule has 0 N–H and O–H groups in total. The van der Waals surface area contributed by atoms with Crippen molar-refractivity contribution in [3.05, 3.63) is 228 Å². The molecule has 0 fully saturated rings. The molecule has 0 radical (unpaired) electrons. The molecule has 0 bridgehead atoms. The minimum atomic E-state index is -0.450. The Bertz CT molecular complexity index is 3660. The zero-order valence-electron chi connectivity index (χ0n) is 32.8. The molecule has 3 heterocycles.